The maximum atomic E-state index is 12.8. The normalized spacial score (nSPS) is 18.9. The zero-order valence-corrected chi connectivity index (χ0v) is 14.0. The third-order valence-electron chi connectivity index (χ3n) is 5.22. The van der Waals surface area contributed by atoms with Crippen LogP contribution in [0.4, 0.5) is 0 Å². The number of fused-ring (bicyclic) bond motifs is 1. The van der Waals surface area contributed by atoms with E-state index in [0.29, 0.717) is 42.8 Å². The molecule has 1 saturated carbocycles. The molecule has 132 valence electrons. The number of oxazole rings is 1. The summed E-state index contributed by atoms with van der Waals surface area (Å²) < 4.78 is 4.97. The Morgan fingerprint density at radius 3 is 2.56 bits per heavy atom. The van der Waals surface area contributed by atoms with Crippen molar-refractivity contribution in [3.63, 3.8) is 0 Å². The number of rotatable bonds is 2. The summed E-state index contributed by atoms with van der Waals surface area (Å²) in [5, 5.41) is 0. The van der Waals surface area contributed by atoms with Crippen molar-refractivity contribution in [2.24, 2.45) is 5.92 Å². The number of amides is 2. The zero-order chi connectivity index (χ0) is 17.4. The first-order valence-electron chi connectivity index (χ1n) is 8.83. The number of aromatic nitrogens is 1. The van der Waals surface area contributed by atoms with Crippen LogP contribution in [0, 0.1) is 5.92 Å². The number of hydrogen-bond donors (Lipinski definition) is 1. The molecule has 2 aliphatic rings. The van der Waals surface area contributed by atoms with E-state index in [2.05, 4.69) is 4.98 Å². The van der Waals surface area contributed by atoms with Gasteiger partial charge in [0.2, 0.25) is 5.91 Å². The molecule has 1 aromatic carbocycles. The summed E-state index contributed by atoms with van der Waals surface area (Å²) in [5.74, 6) is -0.165. The van der Waals surface area contributed by atoms with E-state index in [1.807, 2.05) is 4.90 Å². The summed E-state index contributed by atoms with van der Waals surface area (Å²) in [7, 11) is 0. The van der Waals surface area contributed by atoms with Crippen molar-refractivity contribution in [1.29, 1.82) is 0 Å². The second-order valence-electron chi connectivity index (χ2n) is 6.82. The predicted octanol–water partition coefficient (Wildman–Crippen LogP) is 1.60. The van der Waals surface area contributed by atoms with Crippen molar-refractivity contribution in [2.75, 3.05) is 26.2 Å². The summed E-state index contributed by atoms with van der Waals surface area (Å²) in [5.41, 5.74) is 1.48. The van der Waals surface area contributed by atoms with E-state index in [1.165, 1.54) is 0 Å². The highest BCUT2D eigenvalue weighted by atomic mass is 16.4. The van der Waals surface area contributed by atoms with E-state index < -0.39 is 5.76 Å². The van der Waals surface area contributed by atoms with E-state index in [1.54, 1.807) is 23.1 Å². The van der Waals surface area contributed by atoms with Gasteiger partial charge in [0.05, 0.1) is 5.52 Å². The zero-order valence-electron chi connectivity index (χ0n) is 14.0. The average molecular weight is 343 g/mol. The number of carbonyl (C=O) groups excluding carboxylic acids is 2. The minimum absolute atomic E-state index is 0.0816. The maximum absolute atomic E-state index is 12.8. The van der Waals surface area contributed by atoms with Gasteiger partial charge in [-0.3, -0.25) is 14.6 Å². The van der Waals surface area contributed by atoms with Gasteiger partial charge in [0.1, 0.15) is 0 Å². The standard InChI is InChI=1S/C18H21N3O4/c22-16(12-3-1-4-12)20-7-2-8-21(10-9-20)17(23)13-5-6-15-14(11-13)19-18(24)25-15/h5-6,11-12H,1-4,7-10H2,(H,19,24). The molecule has 7 heteroatoms. The van der Waals surface area contributed by atoms with Crippen molar-refractivity contribution in [2.45, 2.75) is 25.7 Å². The third-order valence-corrected chi connectivity index (χ3v) is 5.22. The van der Waals surface area contributed by atoms with Crippen LogP contribution in [-0.4, -0.2) is 52.8 Å². The second kappa shape index (κ2) is 6.38. The Hall–Kier alpha value is -2.57. The lowest BCUT2D eigenvalue weighted by atomic mass is 9.84. The van der Waals surface area contributed by atoms with Gasteiger partial charge in [-0.2, -0.15) is 0 Å². The van der Waals surface area contributed by atoms with Crippen LogP contribution in [0.25, 0.3) is 11.1 Å². The fourth-order valence-corrected chi connectivity index (χ4v) is 3.52. The molecule has 2 amide bonds. The van der Waals surface area contributed by atoms with Gasteiger partial charge in [-0.15, -0.1) is 0 Å². The monoisotopic (exact) mass is 343 g/mol. The Morgan fingerprint density at radius 2 is 1.80 bits per heavy atom. The molecule has 1 N–H and O–H groups in total. The molecule has 7 nitrogen and oxygen atoms in total. The van der Waals surface area contributed by atoms with Crippen molar-refractivity contribution < 1.29 is 14.0 Å². The summed E-state index contributed by atoms with van der Waals surface area (Å²) in [4.78, 5) is 42.7. The van der Waals surface area contributed by atoms with Crippen LogP contribution >= 0.6 is 0 Å². The molecule has 1 aliphatic heterocycles. The lowest BCUT2D eigenvalue weighted by Gasteiger charge is -2.31. The van der Waals surface area contributed by atoms with Gasteiger partial charge in [-0.1, -0.05) is 6.42 Å². The van der Waals surface area contributed by atoms with Crippen molar-refractivity contribution in [1.82, 2.24) is 14.8 Å². The van der Waals surface area contributed by atoms with Gasteiger partial charge >= 0.3 is 5.76 Å². The summed E-state index contributed by atoms with van der Waals surface area (Å²) in [6.07, 6.45) is 3.93. The smallest absolute Gasteiger partial charge is 0.408 e. The average Bonchev–Trinajstić information content (AvgIpc) is 2.76. The van der Waals surface area contributed by atoms with Crippen LogP contribution in [-0.2, 0) is 4.79 Å². The van der Waals surface area contributed by atoms with Gasteiger partial charge in [-0.05, 0) is 37.5 Å². The Balaban J connectivity index is 1.46. The topological polar surface area (TPSA) is 86.6 Å². The van der Waals surface area contributed by atoms with Gasteiger partial charge in [-0.25, -0.2) is 4.79 Å². The molecular formula is C18H21N3O4. The van der Waals surface area contributed by atoms with Crippen LogP contribution in [0.3, 0.4) is 0 Å². The van der Waals surface area contributed by atoms with Crippen LogP contribution in [0.2, 0.25) is 0 Å². The number of hydrogen-bond acceptors (Lipinski definition) is 4. The third kappa shape index (κ3) is 3.06. The molecule has 0 bridgehead atoms. The van der Waals surface area contributed by atoms with Gasteiger partial charge in [0, 0.05) is 37.7 Å². The fraction of sp³-hybridized carbons (Fsp3) is 0.500. The van der Waals surface area contributed by atoms with Gasteiger partial charge in [0.15, 0.2) is 5.58 Å². The molecule has 1 aromatic heterocycles. The summed E-state index contributed by atoms with van der Waals surface area (Å²) >= 11 is 0. The molecule has 0 radical (unpaired) electrons. The Morgan fingerprint density at radius 1 is 1.04 bits per heavy atom. The molecule has 0 spiro atoms. The highest BCUT2D eigenvalue weighted by molar-refractivity contribution is 5.97. The summed E-state index contributed by atoms with van der Waals surface area (Å²) in [6.45, 7) is 2.48. The molecule has 2 fully saturated rings. The molecule has 1 aliphatic carbocycles. The predicted molar refractivity (Wildman–Crippen MR) is 91.3 cm³/mol. The molecule has 25 heavy (non-hydrogen) atoms. The lowest BCUT2D eigenvalue weighted by molar-refractivity contribution is -0.138. The molecule has 1 saturated heterocycles. The van der Waals surface area contributed by atoms with Crippen LogP contribution in [0.5, 0.6) is 0 Å². The first kappa shape index (κ1) is 15.9. The number of carbonyl (C=O) groups is 2. The lowest BCUT2D eigenvalue weighted by Crippen LogP contribution is -2.41. The summed E-state index contributed by atoms with van der Waals surface area (Å²) in [6, 6.07) is 4.94. The molecule has 2 aromatic rings. The number of aromatic amines is 1. The minimum atomic E-state index is -0.528. The van der Waals surface area contributed by atoms with Gasteiger partial charge in [0.25, 0.3) is 5.91 Å². The van der Waals surface area contributed by atoms with Crippen LogP contribution in [0.1, 0.15) is 36.0 Å². The first-order chi connectivity index (χ1) is 12.1. The second-order valence-corrected chi connectivity index (χ2v) is 6.82. The number of nitrogens with zero attached hydrogens (tertiary/aromatic N) is 2. The Bertz CT molecular complexity index is 865. The SMILES string of the molecule is O=C(c1ccc2oc(=O)[nH]c2c1)N1CCCN(C(=O)C2CCC2)CC1. The molecule has 0 unspecified atom stereocenters. The number of H-pyrrole nitrogens is 1. The highest BCUT2D eigenvalue weighted by Gasteiger charge is 2.31. The van der Waals surface area contributed by atoms with Crippen molar-refractivity contribution >= 4 is 22.9 Å². The molecule has 0 atom stereocenters. The van der Waals surface area contributed by atoms with E-state index in [4.69, 9.17) is 4.42 Å². The minimum Gasteiger partial charge on any atom is -0.408 e. The van der Waals surface area contributed by atoms with Crippen LogP contribution < -0.4 is 5.76 Å². The largest absolute Gasteiger partial charge is 0.417 e. The number of benzene rings is 1. The van der Waals surface area contributed by atoms with E-state index in [9.17, 15) is 14.4 Å². The van der Waals surface area contributed by atoms with Gasteiger partial charge < -0.3 is 14.2 Å². The van der Waals surface area contributed by atoms with E-state index in [0.717, 1.165) is 25.7 Å². The molecular weight excluding hydrogens is 322 g/mol. The highest BCUT2D eigenvalue weighted by Crippen LogP contribution is 2.28. The quantitative estimate of drug-likeness (QED) is 0.897. The Kier molecular flexibility index (Phi) is 4.07. The van der Waals surface area contributed by atoms with Crippen LogP contribution in [0.15, 0.2) is 27.4 Å². The van der Waals surface area contributed by atoms with E-state index >= 15 is 0 Å². The van der Waals surface area contributed by atoms with Crippen molar-refractivity contribution in [3.8, 4) is 0 Å². The Labute approximate surface area is 144 Å². The fourth-order valence-electron chi connectivity index (χ4n) is 3.52. The molecule has 4 rings (SSSR count). The molecule has 2 heterocycles. The first-order valence-corrected chi connectivity index (χ1v) is 8.83. The van der Waals surface area contributed by atoms with Crippen molar-refractivity contribution in [3.05, 3.63) is 34.3 Å². The van der Waals surface area contributed by atoms with E-state index in [-0.39, 0.29) is 17.7 Å². The number of nitrogens with one attached hydrogen (secondary N) is 1. The maximum Gasteiger partial charge on any atom is 0.417 e.